The highest BCUT2D eigenvalue weighted by atomic mass is 32.1. The van der Waals surface area contributed by atoms with Gasteiger partial charge in [-0.15, -0.1) is 11.3 Å². The molecule has 16 heteroatoms. The van der Waals surface area contributed by atoms with Crippen molar-refractivity contribution < 1.29 is 47.0 Å². The Labute approximate surface area is 327 Å². The van der Waals surface area contributed by atoms with Crippen molar-refractivity contribution in [2.24, 2.45) is 5.73 Å². The van der Waals surface area contributed by atoms with E-state index in [9.17, 15) is 32.5 Å². The Morgan fingerprint density at radius 2 is 1.54 bits per heavy atom. The predicted octanol–water partition coefficient (Wildman–Crippen LogP) is 7.81. The third-order valence-electron chi connectivity index (χ3n) is 8.59. The van der Waals surface area contributed by atoms with Gasteiger partial charge in [0.1, 0.15) is 6.61 Å². The van der Waals surface area contributed by atoms with Crippen LogP contribution in [0.3, 0.4) is 0 Å². The van der Waals surface area contributed by atoms with Gasteiger partial charge in [-0.1, -0.05) is 78.9 Å². The summed E-state index contributed by atoms with van der Waals surface area (Å²) in [7, 11) is -5.60. The molecule has 1 aliphatic rings. The molecule has 0 spiro atoms. The Morgan fingerprint density at radius 3 is 2.11 bits per heavy atom. The van der Waals surface area contributed by atoms with Crippen LogP contribution >= 0.6 is 18.9 Å². The molecule has 1 aliphatic heterocycles. The van der Waals surface area contributed by atoms with Gasteiger partial charge >= 0.3 is 19.4 Å². The topological polar surface area (TPSA) is 180 Å². The maximum atomic E-state index is 13.5. The number of hydrogen-bond acceptors (Lipinski definition) is 7. The zero-order valence-corrected chi connectivity index (χ0v) is 32.3. The van der Waals surface area contributed by atoms with E-state index in [1.807, 2.05) is 84.6 Å². The van der Waals surface area contributed by atoms with Gasteiger partial charge in [0, 0.05) is 48.6 Å². The number of likely N-dealkylation sites (tertiary alicyclic amines) is 1. The van der Waals surface area contributed by atoms with Gasteiger partial charge in [0.05, 0.1) is 4.88 Å². The van der Waals surface area contributed by atoms with Gasteiger partial charge in [-0.2, -0.15) is 8.78 Å². The normalized spacial score (nSPS) is 12.4. The molecule has 4 aromatic carbocycles. The van der Waals surface area contributed by atoms with E-state index >= 15 is 0 Å². The van der Waals surface area contributed by atoms with Crippen LogP contribution in [0.5, 0.6) is 0 Å². The van der Waals surface area contributed by atoms with E-state index in [0.717, 1.165) is 66.2 Å². The van der Waals surface area contributed by atoms with Gasteiger partial charge in [0.25, 0.3) is 5.91 Å². The highest BCUT2D eigenvalue weighted by molar-refractivity contribution is 7.52. The zero-order valence-electron chi connectivity index (χ0n) is 30.6. The molecule has 4 amide bonds. The molecule has 2 heterocycles. The van der Waals surface area contributed by atoms with Crippen molar-refractivity contribution in [3.63, 3.8) is 0 Å². The van der Waals surface area contributed by atoms with Crippen molar-refractivity contribution in [3.05, 3.63) is 125 Å². The molecule has 6 rings (SSSR count). The number of ether oxygens (including phenoxy) is 1. The summed E-state index contributed by atoms with van der Waals surface area (Å²) in [6, 6.07) is 31.9. The molecule has 0 atom stereocenters. The van der Waals surface area contributed by atoms with Gasteiger partial charge < -0.3 is 35.4 Å². The van der Waals surface area contributed by atoms with Gasteiger partial charge in [-0.05, 0) is 72.2 Å². The van der Waals surface area contributed by atoms with Gasteiger partial charge in [0.2, 0.25) is 12.3 Å². The van der Waals surface area contributed by atoms with Gasteiger partial charge in [0.15, 0.2) is 0 Å². The van der Waals surface area contributed by atoms with Crippen LogP contribution in [0.1, 0.15) is 47.0 Å². The number of hydrogen-bond donors (Lipinski definition) is 4. The fourth-order valence-electron chi connectivity index (χ4n) is 5.52. The zero-order chi connectivity index (χ0) is 40.7. The number of nitrogens with zero attached hydrogens (tertiary/aromatic N) is 2. The maximum absolute atomic E-state index is 13.5. The number of carbonyl (C=O) groups excluding carboxylic acids is 4. The monoisotopic (exact) mass is 808 g/mol. The highest BCUT2D eigenvalue weighted by Crippen LogP contribution is 2.59. The lowest BCUT2D eigenvalue weighted by molar-refractivity contribution is -0.130. The van der Waals surface area contributed by atoms with E-state index in [0.29, 0.717) is 30.6 Å². The summed E-state index contributed by atoms with van der Waals surface area (Å²) >= 11 is 1.02. The molecule has 1 fully saturated rings. The smallest absolute Gasteiger partial charge is 0.410 e. The maximum Gasteiger partial charge on any atom is 0.410 e. The van der Waals surface area contributed by atoms with Crippen molar-refractivity contribution in [1.29, 1.82) is 0 Å². The number of fused-ring (bicyclic) bond motifs is 1. The number of halogens is 2. The van der Waals surface area contributed by atoms with Crippen LogP contribution in [0.2, 0.25) is 0 Å². The molecule has 0 saturated carbocycles. The number of amides is 4. The Morgan fingerprint density at radius 1 is 0.929 bits per heavy atom. The molecule has 0 unspecified atom stereocenters. The number of nitrogens with one attached hydrogen (secondary N) is 1. The second-order valence-electron chi connectivity index (χ2n) is 12.5. The Balaban J connectivity index is 0.000000190. The van der Waals surface area contributed by atoms with Crippen molar-refractivity contribution in [3.8, 4) is 11.1 Å². The number of nitrogens with two attached hydrogens (primary N) is 1. The second-order valence-corrected chi connectivity index (χ2v) is 15.2. The minimum atomic E-state index is -5.60. The first-order valence-corrected chi connectivity index (χ1v) is 20.0. The number of benzene rings is 4. The van der Waals surface area contributed by atoms with Crippen LogP contribution in [0, 0.1) is 0 Å². The molecular weight excluding hydrogens is 765 g/mol. The van der Waals surface area contributed by atoms with Crippen LogP contribution in [-0.4, -0.2) is 70.1 Å². The van der Waals surface area contributed by atoms with E-state index < -0.39 is 24.7 Å². The molecular formula is C40H43F2N4O8PS. The first-order chi connectivity index (χ1) is 26.7. The third kappa shape index (κ3) is 12.3. The fraction of sp³-hybridized carbons (Fsp3) is 0.250. The molecule has 296 valence electrons. The number of thiophene rings is 1. The Kier molecular flexibility index (Phi) is 15.8. The van der Waals surface area contributed by atoms with E-state index in [1.165, 1.54) is 17.7 Å². The average Bonchev–Trinajstić information content (AvgIpc) is 3.90. The summed E-state index contributed by atoms with van der Waals surface area (Å²) in [6.45, 7) is 4.81. The summed E-state index contributed by atoms with van der Waals surface area (Å²) in [5, 5.41) is 2.89. The number of primary amides is 1. The molecule has 5 aromatic rings. The largest absolute Gasteiger partial charge is 0.445 e. The number of alkyl halides is 2. The number of anilines is 1. The van der Waals surface area contributed by atoms with Crippen LogP contribution in [-0.2, 0) is 31.2 Å². The minimum Gasteiger partial charge on any atom is -0.445 e. The van der Waals surface area contributed by atoms with Crippen LogP contribution in [0.15, 0.2) is 109 Å². The minimum absolute atomic E-state index is 0.131. The summed E-state index contributed by atoms with van der Waals surface area (Å²) in [5.74, 6) is -0.559. The quantitative estimate of drug-likeness (QED) is 0.0728. The third-order valence-corrected chi connectivity index (χ3v) is 10.7. The van der Waals surface area contributed by atoms with E-state index in [1.54, 1.807) is 4.90 Å². The molecule has 0 aliphatic carbocycles. The molecule has 12 nitrogen and oxygen atoms in total. The highest BCUT2D eigenvalue weighted by Gasteiger charge is 2.50. The lowest BCUT2D eigenvalue weighted by atomic mass is 10.1. The second kappa shape index (κ2) is 20.4. The molecule has 0 radical (unpaired) electrons. The Bertz CT molecular complexity index is 2110. The standard InChI is InChI=1S/C17H24N2O3.C13H11NO.C10H8F2NO4PS/c1-2-18(13-10-16(20)19-11-6-7-12-19)17(21)22-14-15-8-4-3-5-9-15;15-10-14-13-8-6-12(7-9-13)11-4-2-1-3-5-11;11-10(12,18(15,16)17)6-1-2-7-5(3-6)4-8(19-7)9(13)14/h3-5,8-9H,2,6-7,10-14H2,1H3;1-10H,(H,14,15);1-4H,(H2,13,14)(H2,15,16,17). The fourth-order valence-corrected chi connectivity index (χ4v) is 6.89. The first kappa shape index (κ1) is 43.3. The lowest BCUT2D eigenvalue weighted by Crippen LogP contribution is -2.36. The molecule has 1 saturated heterocycles. The molecule has 5 N–H and O–H groups in total. The molecule has 56 heavy (non-hydrogen) atoms. The van der Waals surface area contributed by atoms with Crippen LogP contribution in [0.4, 0.5) is 19.3 Å². The predicted molar refractivity (Wildman–Crippen MR) is 212 cm³/mol. The van der Waals surface area contributed by atoms with Crippen LogP contribution in [0.25, 0.3) is 21.2 Å². The molecule has 0 bridgehead atoms. The van der Waals surface area contributed by atoms with Crippen LogP contribution < -0.4 is 11.1 Å². The first-order valence-electron chi connectivity index (χ1n) is 17.6. The molecule has 1 aromatic heterocycles. The summed E-state index contributed by atoms with van der Waals surface area (Å²) in [4.78, 5) is 66.2. The lowest BCUT2D eigenvalue weighted by Gasteiger charge is -2.22. The summed E-state index contributed by atoms with van der Waals surface area (Å²) in [6.07, 6.45) is 2.86. The van der Waals surface area contributed by atoms with Crippen molar-refractivity contribution >= 4 is 59.0 Å². The van der Waals surface area contributed by atoms with E-state index in [-0.39, 0.29) is 28.9 Å². The van der Waals surface area contributed by atoms with Crippen molar-refractivity contribution in [2.75, 3.05) is 31.5 Å². The number of carbonyl (C=O) groups is 4. The van der Waals surface area contributed by atoms with Crippen molar-refractivity contribution in [2.45, 2.75) is 38.5 Å². The van der Waals surface area contributed by atoms with E-state index in [4.69, 9.17) is 20.3 Å². The Hall–Kier alpha value is -5.47. The summed E-state index contributed by atoms with van der Waals surface area (Å²) < 4.78 is 43.6. The number of rotatable bonds is 12. The van der Waals surface area contributed by atoms with E-state index in [2.05, 4.69) is 17.4 Å². The van der Waals surface area contributed by atoms with Crippen molar-refractivity contribution in [1.82, 2.24) is 9.80 Å². The van der Waals surface area contributed by atoms with Gasteiger partial charge in [-0.3, -0.25) is 18.9 Å². The SMILES string of the molecule is CCN(CCC(=O)N1CCCC1)C(=O)OCc1ccccc1.NC(=O)c1cc2cc(C(F)(F)P(=O)(O)O)ccc2s1.O=CNc1ccc(-c2ccccc2)cc1. The van der Waals surface area contributed by atoms with Gasteiger partial charge in [-0.25, -0.2) is 4.79 Å². The summed E-state index contributed by atoms with van der Waals surface area (Å²) in [5.41, 5.74) is 4.09. The average molecular weight is 809 g/mol.